The number of rotatable bonds is 5. The Bertz CT molecular complexity index is 160. The topological polar surface area (TPSA) is 111 Å². The summed E-state index contributed by atoms with van der Waals surface area (Å²) in [7, 11) is 0. The largest absolute Gasteiger partial charge is 0.446 e. The van der Waals surface area contributed by atoms with Gasteiger partial charge in [0.2, 0.25) is 5.91 Å². The molecule has 0 spiro atoms. The number of ether oxygens (including phenoxy) is 1. The first kappa shape index (κ1) is 10.7. The molecule has 0 aromatic heterocycles. The second kappa shape index (κ2) is 6.38. The van der Waals surface area contributed by atoms with Crippen LogP contribution in [0.5, 0.6) is 0 Å². The summed E-state index contributed by atoms with van der Waals surface area (Å²) in [6.45, 7) is -0.830. The van der Waals surface area contributed by atoms with Crippen LogP contribution in [0.3, 0.4) is 0 Å². The summed E-state index contributed by atoms with van der Waals surface area (Å²) in [5.41, 5.74) is 6.46. The molecule has 0 heterocycles. The predicted octanol–water partition coefficient (Wildman–Crippen LogP) is -1.88. The van der Waals surface area contributed by atoms with Gasteiger partial charge in [-0.05, 0) is 0 Å². The van der Waals surface area contributed by atoms with E-state index in [1.54, 1.807) is 5.48 Å². The van der Waals surface area contributed by atoms with E-state index in [-0.39, 0.29) is 13.2 Å². The monoisotopic (exact) mass is 178 g/mol. The van der Waals surface area contributed by atoms with Gasteiger partial charge in [-0.3, -0.25) is 9.63 Å². The molecule has 0 aliphatic heterocycles. The van der Waals surface area contributed by atoms with E-state index < -0.39 is 18.6 Å². The first-order valence-electron chi connectivity index (χ1n) is 3.10. The molecule has 0 saturated heterocycles. The van der Waals surface area contributed by atoms with Gasteiger partial charge >= 0.3 is 6.09 Å². The van der Waals surface area contributed by atoms with Crippen molar-refractivity contribution in [1.29, 1.82) is 0 Å². The number of nitrogens with one attached hydrogen (secondary N) is 1. The number of hydrogen-bond acceptors (Lipinski definition) is 5. The average molecular weight is 178 g/mol. The van der Waals surface area contributed by atoms with Crippen molar-refractivity contribution in [2.75, 3.05) is 19.8 Å². The molecule has 12 heavy (non-hydrogen) atoms. The number of amides is 2. The molecule has 0 saturated carbocycles. The van der Waals surface area contributed by atoms with Gasteiger partial charge in [-0.25, -0.2) is 4.79 Å². The first-order valence-corrected chi connectivity index (χ1v) is 3.10. The van der Waals surface area contributed by atoms with Crippen LogP contribution >= 0.6 is 0 Å². The quantitative estimate of drug-likeness (QED) is 0.427. The van der Waals surface area contributed by atoms with E-state index in [1.807, 2.05) is 0 Å². The lowest BCUT2D eigenvalue weighted by Gasteiger charge is -2.03. The predicted molar refractivity (Wildman–Crippen MR) is 36.7 cm³/mol. The van der Waals surface area contributed by atoms with Gasteiger partial charge in [0.05, 0.1) is 6.61 Å². The van der Waals surface area contributed by atoms with Crippen LogP contribution in [0.4, 0.5) is 4.79 Å². The summed E-state index contributed by atoms with van der Waals surface area (Å²) in [5.74, 6) is -0.711. The van der Waals surface area contributed by atoms with Crippen molar-refractivity contribution in [2.45, 2.75) is 0 Å². The van der Waals surface area contributed by atoms with Crippen molar-refractivity contribution in [3.63, 3.8) is 0 Å². The zero-order valence-electron chi connectivity index (χ0n) is 6.28. The number of aliphatic hydroxyl groups excluding tert-OH is 1. The molecule has 0 radical (unpaired) electrons. The second-order valence-electron chi connectivity index (χ2n) is 1.72. The number of nitrogens with two attached hydrogens (primary N) is 1. The lowest BCUT2D eigenvalue weighted by Crippen LogP contribution is -2.30. The van der Waals surface area contributed by atoms with E-state index in [2.05, 4.69) is 15.3 Å². The molecule has 7 heteroatoms. The van der Waals surface area contributed by atoms with Crippen LogP contribution in [0.15, 0.2) is 0 Å². The van der Waals surface area contributed by atoms with Crippen molar-refractivity contribution in [3.05, 3.63) is 0 Å². The lowest BCUT2D eigenvalue weighted by molar-refractivity contribution is -0.124. The maximum Gasteiger partial charge on any atom is 0.431 e. The Balaban J connectivity index is 3.25. The molecule has 70 valence electrons. The zero-order chi connectivity index (χ0) is 9.40. The Kier molecular flexibility index (Phi) is 5.66. The van der Waals surface area contributed by atoms with E-state index in [0.717, 1.165) is 0 Å². The van der Waals surface area contributed by atoms with Crippen LogP contribution < -0.4 is 11.2 Å². The smallest absolute Gasteiger partial charge is 0.431 e. The van der Waals surface area contributed by atoms with Gasteiger partial charge < -0.3 is 15.6 Å². The molecule has 2 amide bonds. The number of carbonyl (C=O) groups excluding carboxylic acids is 2. The molecule has 0 atom stereocenters. The van der Waals surface area contributed by atoms with Crippen LogP contribution in [0.2, 0.25) is 0 Å². The maximum absolute atomic E-state index is 10.5. The molecule has 0 fully saturated rings. The summed E-state index contributed by atoms with van der Waals surface area (Å²) in [4.78, 5) is 24.8. The normalized spacial score (nSPS) is 9.08. The number of carbonyl (C=O) groups is 2. The average Bonchev–Trinajstić information content (AvgIpc) is 2.00. The van der Waals surface area contributed by atoms with Gasteiger partial charge in [-0.2, -0.15) is 5.48 Å². The number of hydroxylamine groups is 1. The van der Waals surface area contributed by atoms with Crippen LogP contribution in [-0.4, -0.2) is 36.9 Å². The van der Waals surface area contributed by atoms with Crippen molar-refractivity contribution in [3.8, 4) is 0 Å². The summed E-state index contributed by atoms with van der Waals surface area (Å²) in [6.07, 6.45) is -0.884. The zero-order valence-corrected chi connectivity index (χ0v) is 6.28. The molecule has 0 aliphatic rings. The van der Waals surface area contributed by atoms with Gasteiger partial charge in [-0.1, -0.05) is 0 Å². The highest BCUT2D eigenvalue weighted by molar-refractivity contribution is 5.75. The van der Waals surface area contributed by atoms with Crippen molar-refractivity contribution in [1.82, 2.24) is 5.48 Å². The highest BCUT2D eigenvalue weighted by atomic mass is 16.7. The minimum Gasteiger partial charge on any atom is -0.446 e. The highest BCUT2D eigenvalue weighted by Crippen LogP contribution is 1.76. The molecule has 0 aliphatic carbocycles. The Morgan fingerprint density at radius 2 is 2.17 bits per heavy atom. The van der Waals surface area contributed by atoms with E-state index >= 15 is 0 Å². The molecule has 0 unspecified atom stereocenters. The molecule has 0 bridgehead atoms. The third kappa shape index (κ3) is 6.78. The third-order valence-corrected chi connectivity index (χ3v) is 0.694. The third-order valence-electron chi connectivity index (χ3n) is 0.694. The fraction of sp³-hybridized carbons (Fsp3) is 0.600. The molecular formula is C5H10N2O5. The van der Waals surface area contributed by atoms with Crippen LogP contribution in [0.1, 0.15) is 0 Å². The van der Waals surface area contributed by atoms with Crippen molar-refractivity contribution >= 4 is 12.0 Å². The van der Waals surface area contributed by atoms with Gasteiger partial charge in [0.25, 0.3) is 0 Å². The maximum atomic E-state index is 10.5. The summed E-state index contributed by atoms with van der Waals surface area (Å²) in [5, 5.41) is 8.21. The van der Waals surface area contributed by atoms with Crippen LogP contribution in [0, 0.1) is 0 Å². The first-order chi connectivity index (χ1) is 5.66. The number of primary amides is 1. The fourth-order valence-corrected chi connectivity index (χ4v) is 0.334. The summed E-state index contributed by atoms with van der Waals surface area (Å²) < 4.78 is 4.30. The lowest BCUT2D eigenvalue weighted by atomic mass is 10.7. The minimum absolute atomic E-state index is 0.133. The van der Waals surface area contributed by atoms with E-state index in [4.69, 9.17) is 5.11 Å². The Morgan fingerprint density at radius 3 is 2.67 bits per heavy atom. The molecular weight excluding hydrogens is 168 g/mol. The Hall–Kier alpha value is -1.34. The second-order valence-corrected chi connectivity index (χ2v) is 1.72. The van der Waals surface area contributed by atoms with Gasteiger partial charge in [-0.15, -0.1) is 0 Å². The standard InChI is InChI=1S/C5H10N2O5/c6-4(9)3-12-7-5(10)11-2-1-8/h8H,1-3H2,(H2,6,9)(H,7,10). The SMILES string of the molecule is NC(=O)CONC(=O)OCCO. The van der Waals surface area contributed by atoms with Gasteiger partial charge in [0.15, 0.2) is 6.61 Å². The Morgan fingerprint density at radius 1 is 1.50 bits per heavy atom. The van der Waals surface area contributed by atoms with E-state index in [9.17, 15) is 9.59 Å². The molecule has 0 rings (SSSR count). The minimum atomic E-state index is -0.884. The van der Waals surface area contributed by atoms with Crippen molar-refractivity contribution < 1.29 is 24.3 Å². The van der Waals surface area contributed by atoms with Gasteiger partial charge in [0, 0.05) is 0 Å². The van der Waals surface area contributed by atoms with Crippen LogP contribution in [0.25, 0.3) is 0 Å². The molecule has 7 nitrogen and oxygen atoms in total. The fourth-order valence-electron chi connectivity index (χ4n) is 0.334. The summed E-state index contributed by atoms with van der Waals surface area (Å²) in [6, 6.07) is 0. The summed E-state index contributed by atoms with van der Waals surface area (Å²) >= 11 is 0. The molecule has 4 N–H and O–H groups in total. The van der Waals surface area contributed by atoms with Crippen LogP contribution in [-0.2, 0) is 14.4 Å². The Labute approximate surface area is 68.4 Å². The van der Waals surface area contributed by atoms with Gasteiger partial charge in [0.1, 0.15) is 6.61 Å². The molecule has 0 aromatic carbocycles. The number of aliphatic hydroxyl groups is 1. The van der Waals surface area contributed by atoms with Crippen molar-refractivity contribution in [2.24, 2.45) is 5.73 Å². The molecule has 0 aromatic rings. The van der Waals surface area contributed by atoms with E-state index in [0.29, 0.717) is 0 Å². The number of hydrogen-bond donors (Lipinski definition) is 3. The van der Waals surface area contributed by atoms with E-state index in [1.165, 1.54) is 0 Å². The highest BCUT2D eigenvalue weighted by Gasteiger charge is 2.01.